The summed E-state index contributed by atoms with van der Waals surface area (Å²) in [6.07, 6.45) is 0.650. The van der Waals surface area contributed by atoms with Crippen molar-refractivity contribution in [3.63, 3.8) is 0 Å². The summed E-state index contributed by atoms with van der Waals surface area (Å²) in [4.78, 5) is 37.7. The Morgan fingerprint density at radius 1 is 0.919 bits per heavy atom. The lowest BCUT2D eigenvalue weighted by atomic mass is 9.86. The SMILES string of the molecule is CCCOC(=O)[C@]1(O)C=C(OCc2ccc3ccccc3c2)[C@@H](OC(=O)CCC)[C@H](OC(=O)CCC)C1. The molecular weight excluding hydrogens is 476 g/mol. The minimum Gasteiger partial charge on any atom is -0.489 e. The molecule has 0 heterocycles. The highest BCUT2D eigenvalue weighted by atomic mass is 16.6. The Bertz CT molecular complexity index is 1120. The lowest BCUT2D eigenvalue weighted by molar-refractivity contribution is -0.182. The second-order valence-electron chi connectivity index (χ2n) is 9.22. The van der Waals surface area contributed by atoms with Crippen LogP contribution in [0.15, 0.2) is 54.3 Å². The first-order valence-electron chi connectivity index (χ1n) is 12.9. The van der Waals surface area contributed by atoms with E-state index in [1.807, 2.05) is 63.2 Å². The van der Waals surface area contributed by atoms with E-state index in [9.17, 15) is 19.5 Å². The molecule has 3 rings (SSSR count). The number of benzene rings is 2. The molecule has 200 valence electrons. The number of aliphatic hydroxyl groups is 1. The standard InChI is InChI=1S/C29H36O8/c1-4-9-25(30)36-24-18-29(33,28(32)34-15-6-3)17-23(27(24)37-26(31)10-5-2)35-19-20-13-14-21-11-7-8-12-22(21)16-20/h7-8,11-14,16-17,24,27,33H,4-6,9-10,15,18-19H2,1-3H3/t24-,27-,29+/m1/s1. The maximum atomic E-state index is 12.8. The van der Waals surface area contributed by atoms with Gasteiger partial charge in [-0.1, -0.05) is 57.2 Å². The maximum absolute atomic E-state index is 12.8. The molecule has 0 unspecified atom stereocenters. The fourth-order valence-electron chi connectivity index (χ4n) is 4.13. The Balaban J connectivity index is 1.94. The molecule has 1 aliphatic rings. The van der Waals surface area contributed by atoms with Gasteiger partial charge < -0.3 is 24.1 Å². The average molecular weight is 513 g/mol. The highest BCUT2D eigenvalue weighted by Gasteiger charge is 2.49. The number of rotatable bonds is 12. The number of hydrogen-bond acceptors (Lipinski definition) is 8. The highest BCUT2D eigenvalue weighted by molar-refractivity contribution is 5.83. The largest absolute Gasteiger partial charge is 0.489 e. The summed E-state index contributed by atoms with van der Waals surface area (Å²) in [6, 6.07) is 13.7. The van der Waals surface area contributed by atoms with Gasteiger partial charge in [-0.3, -0.25) is 9.59 Å². The number of hydrogen-bond donors (Lipinski definition) is 1. The normalized spacial score (nSPS) is 21.1. The Morgan fingerprint density at radius 2 is 1.59 bits per heavy atom. The number of esters is 3. The summed E-state index contributed by atoms with van der Waals surface area (Å²) in [5.74, 6) is -1.86. The fourth-order valence-corrected chi connectivity index (χ4v) is 4.13. The van der Waals surface area contributed by atoms with Gasteiger partial charge in [-0.15, -0.1) is 0 Å². The maximum Gasteiger partial charge on any atom is 0.342 e. The van der Waals surface area contributed by atoms with Crippen LogP contribution in [-0.2, 0) is 39.9 Å². The van der Waals surface area contributed by atoms with Gasteiger partial charge in [-0.2, -0.15) is 0 Å². The molecule has 0 aliphatic heterocycles. The van der Waals surface area contributed by atoms with E-state index in [4.69, 9.17) is 18.9 Å². The highest BCUT2D eigenvalue weighted by Crippen LogP contribution is 2.34. The zero-order chi connectivity index (χ0) is 26.8. The molecule has 8 heteroatoms. The van der Waals surface area contributed by atoms with Gasteiger partial charge in [0.1, 0.15) is 18.5 Å². The Kier molecular flexibility index (Phi) is 10.1. The first-order valence-corrected chi connectivity index (χ1v) is 12.9. The molecule has 0 radical (unpaired) electrons. The van der Waals surface area contributed by atoms with Crippen LogP contribution in [0.2, 0.25) is 0 Å². The summed E-state index contributed by atoms with van der Waals surface area (Å²) in [7, 11) is 0. The summed E-state index contributed by atoms with van der Waals surface area (Å²) in [6.45, 7) is 5.71. The zero-order valence-corrected chi connectivity index (χ0v) is 21.7. The molecule has 2 aromatic rings. The van der Waals surface area contributed by atoms with Gasteiger partial charge in [0.15, 0.2) is 11.7 Å². The Morgan fingerprint density at radius 3 is 2.27 bits per heavy atom. The fraction of sp³-hybridized carbons (Fsp3) is 0.483. The van der Waals surface area contributed by atoms with Crippen molar-refractivity contribution in [2.24, 2.45) is 0 Å². The smallest absolute Gasteiger partial charge is 0.342 e. The molecule has 0 bridgehead atoms. The third-order valence-corrected chi connectivity index (χ3v) is 5.97. The molecular formula is C29H36O8. The van der Waals surface area contributed by atoms with Gasteiger partial charge in [-0.05, 0) is 41.7 Å². The van der Waals surface area contributed by atoms with Crippen molar-refractivity contribution in [1.29, 1.82) is 0 Å². The van der Waals surface area contributed by atoms with Gasteiger partial charge in [0, 0.05) is 25.3 Å². The van der Waals surface area contributed by atoms with Gasteiger partial charge in [0.25, 0.3) is 0 Å². The van der Waals surface area contributed by atoms with E-state index in [0.29, 0.717) is 19.3 Å². The zero-order valence-electron chi connectivity index (χ0n) is 21.7. The van der Waals surface area contributed by atoms with Crippen molar-refractivity contribution < 1.29 is 38.4 Å². The molecule has 0 saturated carbocycles. The van der Waals surface area contributed by atoms with Crippen LogP contribution >= 0.6 is 0 Å². The number of fused-ring (bicyclic) bond motifs is 1. The van der Waals surface area contributed by atoms with Crippen LogP contribution in [0.3, 0.4) is 0 Å². The van der Waals surface area contributed by atoms with Crippen molar-refractivity contribution in [3.8, 4) is 0 Å². The van der Waals surface area contributed by atoms with Crippen LogP contribution in [0.25, 0.3) is 10.8 Å². The summed E-state index contributed by atoms with van der Waals surface area (Å²) >= 11 is 0. The molecule has 0 amide bonds. The van der Waals surface area contributed by atoms with E-state index in [-0.39, 0.29) is 38.2 Å². The van der Waals surface area contributed by atoms with E-state index >= 15 is 0 Å². The van der Waals surface area contributed by atoms with E-state index < -0.39 is 35.7 Å². The minimum absolute atomic E-state index is 0.0362. The van der Waals surface area contributed by atoms with E-state index in [1.165, 1.54) is 6.08 Å². The Hall–Kier alpha value is -3.39. The van der Waals surface area contributed by atoms with Gasteiger partial charge in [0.2, 0.25) is 0 Å². The van der Waals surface area contributed by atoms with Crippen molar-refractivity contribution >= 4 is 28.7 Å². The summed E-state index contributed by atoms with van der Waals surface area (Å²) in [5, 5.41) is 13.4. The monoisotopic (exact) mass is 512 g/mol. The molecule has 0 spiro atoms. The van der Waals surface area contributed by atoms with Crippen molar-refractivity contribution in [3.05, 3.63) is 59.9 Å². The van der Waals surface area contributed by atoms with Gasteiger partial charge in [-0.25, -0.2) is 4.79 Å². The van der Waals surface area contributed by atoms with Crippen LogP contribution in [0, 0.1) is 0 Å². The first kappa shape index (κ1) is 28.2. The number of ether oxygens (including phenoxy) is 4. The van der Waals surface area contributed by atoms with Crippen molar-refractivity contribution in [2.75, 3.05) is 6.61 Å². The van der Waals surface area contributed by atoms with Crippen LogP contribution < -0.4 is 0 Å². The summed E-state index contributed by atoms with van der Waals surface area (Å²) in [5.41, 5.74) is -1.28. The third kappa shape index (κ3) is 7.55. The second kappa shape index (κ2) is 13.2. The van der Waals surface area contributed by atoms with E-state index in [1.54, 1.807) is 0 Å². The molecule has 8 nitrogen and oxygen atoms in total. The lowest BCUT2D eigenvalue weighted by Gasteiger charge is -2.37. The number of carbonyl (C=O) groups excluding carboxylic acids is 3. The van der Waals surface area contributed by atoms with Crippen LogP contribution in [0.4, 0.5) is 0 Å². The molecule has 0 fully saturated rings. The molecule has 0 aromatic heterocycles. The first-order chi connectivity index (χ1) is 17.8. The van der Waals surface area contributed by atoms with Crippen molar-refractivity contribution in [1.82, 2.24) is 0 Å². The molecule has 3 atom stereocenters. The van der Waals surface area contributed by atoms with Gasteiger partial charge >= 0.3 is 17.9 Å². The van der Waals surface area contributed by atoms with E-state index in [0.717, 1.165) is 16.3 Å². The van der Waals surface area contributed by atoms with Crippen LogP contribution in [0.5, 0.6) is 0 Å². The predicted octanol–water partition coefficient (Wildman–Crippen LogP) is 4.75. The molecule has 37 heavy (non-hydrogen) atoms. The number of carbonyl (C=O) groups is 3. The second-order valence-corrected chi connectivity index (χ2v) is 9.22. The van der Waals surface area contributed by atoms with Crippen LogP contribution in [0.1, 0.15) is 64.9 Å². The molecule has 1 aliphatic carbocycles. The molecule has 2 aromatic carbocycles. The van der Waals surface area contributed by atoms with Gasteiger partial charge in [0.05, 0.1) is 6.61 Å². The average Bonchev–Trinajstić information content (AvgIpc) is 2.87. The lowest BCUT2D eigenvalue weighted by Crippen LogP contribution is -2.52. The Labute approximate surface area is 217 Å². The topological polar surface area (TPSA) is 108 Å². The van der Waals surface area contributed by atoms with E-state index in [2.05, 4.69) is 0 Å². The predicted molar refractivity (Wildman–Crippen MR) is 137 cm³/mol. The van der Waals surface area contributed by atoms with Crippen molar-refractivity contribution in [2.45, 2.75) is 83.7 Å². The molecule has 0 saturated heterocycles. The molecule has 1 N–H and O–H groups in total. The van der Waals surface area contributed by atoms with Crippen LogP contribution in [-0.4, -0.2) is 47.4 Å². The quantitative estimate of drug-likeness (QED) is 0.321. The summed E-state index contributed by atoms with van der Waals surface area (Å²) < 4.78 is 22.6. The minimum atomic E-state index is -2.11. The third-order valence-electron chi connectivity index (χ3n) is 5.97.